The average molecular weight is 521 g/mol. The molecular formula is C27H40N2O6S. The molecule has 3 unspecified atom stereocenters. The van der Waals surface area contributed by atoms with Crippen molar-refractivity contribution in [3.8, 4) is 5.75 Å². The van der Waals surface area contributed by atoms with E-state index in [0.29, 0.717) is 19.4 Å². The van der Waals surface area contributed by atoms with Gasteiger partial charge in [-0.2, -0.15) is 0 Å². The van der Waals surface area contributed by atoms with Gasteiger partial charge in [0.2, 0.25) is 0 Å². The summed E-state index contributed by atoms with van der Waals surface area (Å²) in [7, 11) is -1.75. The zero-order chi connectivity index (χ0) is 26.6. The number of ether oxygens (including phenoxy) is 2. The lowest BCUT2D eigenvalue weighted by molar-refractivity contribution is -0.160. The lowest BCUT2D eigenvalue weighted by Gasteiger charge is -2.26. The molecule has 2 aromatic rings. The first-order valence-corrected chi connectivity index (χ1v) is 14.1. The SMILES string of the molecule is COc1cccc(CNCC(OC(=O)C(O)CCS(=O)(=O)CCC(C)C)C(N)Cc2ccccc2)c1. The first-order valence-electron chi connectivity index (χ1n) is 12.3. The fraction of sp³-hybridized carbons (Fsp3) is 0.519. The van der Waals surface area contributed by atoms with Gasteiger partial charge in [0.1, 0.15) is 21.7 Å². The zero-order valence-corrected chi connectivity index (χ0v) is 22.2. The molecule has 0 aliphatic rings. The van der Waals surface area contributed by atoms with Crippen LogP contribution in [0.4, 0.5) is 0 Å². The van der Waals surface area contributed by atoms with Crippen molar-refractivity contribution in [3.05, 3.63) is 65.7 Å². The molecule has 0 aliphatic carbocycles. The van der Waals surface area contributed by atoms with E-state index in [1.54, 1.807) is 7.11 Å². The van der Waals surface area contributed by atoms with E-state index in [2.05, 4.69) is 5.32 Å². The van der Waals surface area contributed by atoms with Gasteiger partial charge in [-0.3, -0.25) is 0 Å². The van der Waals surface area contributed by atoms with Crippen LogP contribution in [-0.4, -0.2) is 62.9 Å². The highest BCUT2D eigenvalue weighted by Gasteiger charge is 2.27. The Hall–Kier alpha value is -2.46. The number of aliphatic hydroxyl groups is 1. The quantitative estimate of drug-likeness (QED) is 0.288. The Kier molecular flexibility index (Phi) is 12.4. The Labute approximate surface area is 215 Å². The van der Waals surface area contributed by atoms with Crippen molar-refractivity contribution in [1.29, 1.82) is 0 Å². The smallest absolute Gasteiger partial charge is 0.335 e. The number of rotatable bonds is 16. The van der Waals surface area contributed by atoms with E-state index >= 15 is 0 Å². The van der Waals surface area contributed by atoms with Crippen LogP contribution in [0.25, 0.3) is 0 Å². The number of sulfone groups is 1. The molecule has 4 N–H and O–H groups in total. The van der Waals surface area contributed by atoms with Crippen molar-refractivity contribution in [2.75, 3.05) is 25.2 Å². The van der Waals surface area contributed by atoms with E-state index in [0.717, 1.165) is 16.9 Å². The Balaban J connectivity index is 1.99. The van der Waals surface area contributed by atoms with Crippen LogP contribution < -0.4 is 15.8 Å². The zero-order valence-electron chi connectivity index (χ0n) is 21.4. The van der Waals surface area contributed by atoms with E-state index in [9.17, 15) is 18.3 Å². The second-order valence-corrected chi connectivity index (χ2v) is 11.8. The fourth-order valence-corrected chi connectivity index (χ4v) is 5.21. The number of methoxy groups -OCH3 is 1. The third-order valence-corrected chi connectivity index (χ3v) is 7.56. The molecule has 2 rings (SSSR count). The molecule has 8 nitrogen and oxygen atoms in total. The predicted molar refractivity (Wildman–Crippen MR) is 141 cm³/mol. The van der Waals surface area contributed by atoms with Crippen molar-refractivity contribution in [3.63, 3.8) is 0 Å². The molecule has 0 fully saturated rings. The molecule has 0 amide bonds. The van der Waals surface area contributed by atoms with E-state index in [-0.39, 0.29) is 30.4 Å². The summed E-state index contributed by atoms with van der Waals surface area (Å²) >= 11 is 0. The van der Waals surface area contributed by atoms with Crippen LogP contribution in [0.2, 0.25) is 0 Å². The van der Waals surface area contributed by atoms with Gasteiger partial charge in [0.25, 0.3) is 0 Å². The number of nitrogens with one attached hydrogen (secondary N) is 1. The molecule has 0 spiro atoms. The van der Waals surface area contributed by atoms with Crippen LogP contribution in [0, 0.1) is 5.92 Å². The third-order valence-electron chi connectivity index (χ3n) is 5.85. The Morgan fingerprint density at radius 1 is 1.03 bits per heavy atom. The molecule has 2 aromatic carbocycles. The molecule has 36 heavy (non-hydrogen) atoms. The maximum atomic E-state index is 12.6. The van der Waals surface area contributed by atoms with Crippen molar-refractivity contribution >= 4 is 15.8 Å². The number of benzene rings is 2. The Morgan fingerprint density at radius 3 is 2.36 bits per heavy atom. The van der Waals surface area contributed by atoms with Crippen molar-refractivity contribution in [2.45, 2.75) is 57.9 Å². The Morgan fingerprint density at radius 2 is 1.69 bits per heavy atom. The third kappa shape index (κ3) is 11.1. The van der Waals surface area contributed by atoms with Crippen molar-refractivity contribution < 1.29 is 27.8 Å². The molecule has 0 aromatic heterocycles. The molecular weight excluding hydrogens is 480 g/mol. The monoisotopic (exact) mass is 520 g/mol. The second-order valence-electron chi connectivity index (χ2n) is 9.45. The van der Waals surface area contributed by atoms with E-state index in [1.165, 1.54) is 0 Å². The highest BCUT2D eigenvalue weighted by Crippen LogP contribution is 2.13. The van der Waals surface area contributed by atoms with Gasteiger partial charge in [-0.1, -0.05) is 56.3 Å². The van der Waals surface area contributed by atoms with Crippen LogP contribution in [0.15, 0.2) is 54.6 Å². The lowest BCUT2D eigenvalue weighted by Crippen LogP contribution is -2.47. The first kappa shape index (κ1) is 29.8. The minimum absolute atomic E-state index is 0.0329. The lowest BCUT2D eigenvalue weighted by atomic mass is 10.0. The summed E-state index contributed by atoms with van der Waals surface area (Å²) in [6.45, 7) is 4.65. The number of carbonyl (C=O) groups is 1. The molecule has 0 bridgehead atoms. The summed E-state index contributed by atoms with van der Waals surface area (Å²) in [5, 5.41) is 13.6. The van der Waals surface area contributed by atoms with Crippen LogP contribution >= 0.6 is 0 Å². The summed E-state index contributed by atoms with van der Waals surface area (Å²) in [6, 6.07) is 16.7. The van der Waals surface area contributed by atoms with Gasteiger partial charge in [0, 0.05) is 19.1 Å². The summed E-state index contributed by atoms with van der Waals surface area (Å²) in [5.41, 5.74) is 8.40. The summed E-state index contributed by atoms with van der Waals surface area (Å²) < 4.78 is 35.3. The molecule has 0 aliphatic heterocycles. The molecule has 0 saturated heterocycles. The van der Waals surface area contributed by atoms with E-state index in [4.69, 9.17) is 15.2 Å². The predicted octanol–water partition coefficient (Wildman–Crippen LogP) is 2.48. The van der Waals surface area contributed by atoms with Crippen molar-refractivity contribution in [1.82, 2.24) is 5.32 Å². The summed E-state index contributed by atoms with van der Waals surface area (Å²) in [6.07, 6.45) is -1.46. The van der Waals surface area contributed by atoms with Crippen LogP contribution in [0.3, 0.4) is 0 Å². The summed E-state index contributed by atoms with van der Waals surface area (Å²) in [4.78, 5) is 12.6. The molecule has 3 atom stereocenters. The van der Waals surface area contributed by atoms with Gasteiger partial charge in [-0.25, -0.2) is 13.2 Å². The molecule has 0 saturated carbocycles. The van der Waals surface area contributed by atoms with Crippen molar-refractivity contribution in [2.24, 2.45) is 11.7 Å². The maximum Gasteiger partial charge on any atom is 0.335 e. The topological polar surface area (TPSA) is 128 Å². The summed E-state index contributed by atoms with van der Waals surface area (Å²) in [5.74, 6) is -0.114. The second kappa shape index (κ2) is 14.9. The molecule has 9 heteroatoms. The highest BCUT2D eigenvalue weighted by atomic mass is 32.2. The standard InChI is InChI=1S/C27H40N2O6S/c1-20(2)12-14-36(32,33)15-13-25(30)27(31)35-26(24(28)17-21-8-5-4-6-9-21)19-29-18-22-10-7-11-23(16-22)34-3/h4-11,16,20,24-26,29-30H,12-15,17-19,28H2,1-3H3. The number of esters is 1. The van der Waals surface area contributed by atoms with Crippen LogP contribution in [0.5, 0.6) is 5.75 Å². The number of hydrogen-bond donors (Lipinski definition) is 3. The average Bonchev–Trinajstić information content (AvgIpc) is 2.86. The van der Waals surface area contributed by atoms with Gasteiger partial charge in [0.05, 0.1) is 18.6 Å². The number of nitrogens with two attached hydrogens (primary N) is 1. The van der Waals surface area contributed by atoms with E-state index < -0.39 is 34.1 Å². The molecule has 0 radical (unpaired) electrons. The minimum Gasteiger partial charge on any atom is -0.497 e. The Bertz CT molecular complexity index is 1030. The highest BCUT2D eigenvalue weighted by molar-refractivity contribution is 7.91. The van der Waals surface area contributed by atoms with Gasteiger partial charge >= 0.3 is 5.97 Å². The minimum atomic E-state index is -3.36. The van der Waals surface area contributed by atoms with Gasteiger partial charge in [-0.15, -0.1) is 0 Å². The number of aliphatic hydroxyl groups excluding tert-OH is 1. The van der Waals surface area contributed by atoms with Gasteiger partial charge < -0.3 is 25.6 Å². The molecule has 0 heterocycles. The van der Waals surface area contributed by atoms with Crippen LogP contribution in [0.1, 0.15) is 37.8 Å². The number of hydrogen-bond acceptors (Lipinski definition) is 8. The van der Waals surface area contributed by atoms with Crippen LogP contribution in [-0.2, 0) is 32.3 Å². The first-order chi connectivity index (χ1) is 17.1. The largest absolute Gasteiger partial charge is 0.497 e. The van der Waals surface area contributed by atoms with Gasteiger partial charge in [0.15, 0.2) is 6.10 Å². The maximum absolute atomic E-state index is 12.6. The number of carbonyl (C=O) groups excluding carboxylic acids is 1. The van der Waals surface area contributed by atoms with Gasteiger partial charge in [-0.05, 0) is 48.4 Å². The molecule has 200 valence electrons. The normalized spacial score (nSPS) is 14.3. The van der Waals surface area contributed by atoms with E-state index in [1.807, 2.05) is 68.4 Å². The fourth-order valence-electron chi connectivity index (χ4n) is 3.59.